The third kappa shape index (κ3) is 19.4. The first-order valence-corrected chi connectivity index (χ1v) is 29.6. The molecule has 0 bridgehead atoms. The van der Waals surface area contributed by atoms with E-state index in [1.165, 1.54) is 6.92 Å². The highest BCUT2D eigenvalue weighted by atomic mass is 16.8. The van der Waals surface area contributed by atoms with Crippen molar-refractivity contribution in [2.24, 2.45) is 11.3 Å². The quantitative estimate of drug-likeness (QED) is 0.0207. The van der Waals surface area contributed by atoms with Crippen LogP contribution in [0.1, 0.15) is 93.9 Å². The molecule has 8 amide bonds. The summed E-state index contributed by atoms with van der Waals surface area (Å²) in [6.07, 6.45) is -25.1. The largest absolute Gasteiger partial charge is 0.394 e. The Kier molecular flexibility index (Phi) is 25.9. The molecule has 19 unspecified atom stereocenters. The molecular formula is C57H87N7O25. The molecule has 32 nitrogen and oxygen atoms in total. The number of carbonyl (C=O) groups is 10. The van der Waals surface area contributed by atoms with Crippen LogP contribution in [0.3, 0.4) is 0 Å². The highest BCUT2D eigenvalue weighted by Gasteiger charge is 2.57. The molecule has 13 N–H and O–H groups in total. The SMILES string of the molecule is CC(=O)NC1C(OC2CC(O)C(OC3C(O)C(CO)OC(C(C)(C)C)C3NC(C)=O)OC2C(=O)NCCCNC(=O)CCC2C(=O)C=CC2=O)OC(CO)C(O)C1OC1OC(C(=O)NCCCNC(=O)CCN2C(=O)C=CC2=O)C(OC(C)(C)C)C(O)C1O. The van der Waals surface area contributed by atoms with Crippen LogP contribution in [-0.2, 0) is 85.8 Å². The van der Waals surface area contributed by atoms with Crippen LogP contribution in [0.5, 0.6) is 0 Å². The summed E-state index contributed by atoms with van der Waals surface area (Å²) in [6.45, 7) is 10.4. The summed E-state index contributed by atoms with van der Waals surface area (Å²) < 4.78 is 49.3. The Balaban J connectivity index is 1.21. The van der Waals surface area contributed by atoms with Crippen molar-refractivity contribution in [2.75, 3.05) is 45.9 Å². The number of imide groups is 1. The Morgan fingerprint density at radius 1 is 0.573 bits per heavy atom. The number of aliphatic hydroxyl groups excluding tert-OH is 7. The Hall–Kier alpha value is -5.82. The van der Waals surface area contributed by atoms with Gasteiger partial charge in [-0.25, -0.2) is 0 Å². The molecule has 32 heteroatoms. The Morgan fingerprint density at radius 2 is 1.07 bits per heavy atom. The van der Waals surface area contributed by atoms with E-state index in [0.29, 0.717) is 0 Å². The van der Waals surface area contributed by atoms with Crippen LogP contribution in [-0.4, -0.2) is 267 Å². The summed E-state index contributed by atoms with van der Waals surface area (Å²) in [6, 6.07) is -2.83. The highest BCUT2D eigenvalue weighted by Crippen LogP contribution is 2.38. The molecule has 6 rings (SSSR count). The Labute approximate surface area is 513 Å². The minimum absolute atomic E-state index is 0.00772. The molecule has 0 aromatic heterocycles. The van der Waals surface area contributed by atoms with Gasteiger partial charge in [-0.3, -0.25) is 52.8 Å². The van der Waals surface area contributed by atoms with Crippen LogP contribution in [0.4, 0.5) is 0 Å². The first-order chi connectivity index (χ1) is 41.8. The molecule has 0 aromatic rings. The van der Waals surface area contributed by atoms with Crippen LogP contribution in [0.25, 0.3) is 0 Å². The van der Waals surface area contributed by atoms with Crippen molar-refractivity contribution in [1.82, 2.24) is 36.8 Å². The molecule has 0 aromatic carbocycles. The van der Waals surface area contributed by atoms with Crippen molar-refractivity contribution < 1.29 is 122 Å². The first-order valence-electron chi connectivity index (χ1n) is 29.6. The van der Waals surface area contributed by atoms with Gasteiger partial charge in [-0.05, 0) is 57.6 Å². The van der Waals surface area contributed by atoms with Gasteiger partial charge in [0, 0.05) is 78.0 Å². The number of rotatable bonds is 27. The summed E-state index contributed by atoms with van der Waals surface area (Å²) >= 11 is 0. The monoisotopic (exact) mass is 1270 g/mol. The van der Waals surface area contributed by atoms with Crippen LogP contribution in [0.15, 0.2) is 24.3 Å². The van der Waals surface area contributed by atoms with E-state index in [9.17, 15) is 83.7 Å². The van der Waals surface area contributed by atoms with E-state index in [1.54, 1.807) is 41.5 Å². The minimum Gasteiger partial charge on any atom is -0.394 e. The smallest absolute Gasteiger partial charge is 0.253 e. The lowest BCUT2D eigenvalue weighted by atomic mass is 9.78. The van der Waals surface area contributed by atoms with Crippen molar-refractivity contribution in [1.29, 1.82) is 0 Å². The molecule has 6 aliphatic rings. The van der Waals surface area contributed by atoms with Crippen molar-refractivity contribution in [3.05, 3.63) is 24.3 Å². The van der Waals surface area contributed by atoms with E-state index in [-0.39, 0.29) is 64.8 Å². The number of nitrogens with zero attached hydrogens (tertiary/aromatic N) is 1. The molecule has 1 aliphatic carbocycles. The van der Waals surface area contributed by atoms with E-state index >= 15 is 0 Å². The van der Waals surface area contributed by atoms with Crippen molar-refractivity contribution >= 4 is 58.8 Å². The summed E-state index contributed by atoms with van der Waals surface area (Å²) in [5, 5.41) is 95.3. The van der Waals surface area contributed by atoms with Gasteiger partial charge in [0.15, 0.2) is 42.6 Å². The maximum absolute atomic E-state index is 14.5. The molecule has 0 spiro atoms. The van der Waals surface area contributed by atoms with Gasteiger partial charge in [0.25, 0.3) is 23.6 Å². The summed E-state index contributed by atoms with van der Waals surface area (Å²) in [7, 11) is 0. The van der Waals surface area contributed by atoms with Crippen LogP contribution >= 0.6 is 0 Å². The Bertz CT molecular complexity index is 2560. The maximum atomic E-state index is 14.5. The molecule has 4 fully saturated rings. The van der Waals surface area contributed by atoms with Gasteiger partial charge in [-0.1, -0.05) is 20.8 Å². The second kappa shape index (κ2) is 32.0. The number of allylic oxidation sites excluding steroid dienone is 2. The normalized spacial score (nSPS) is 33.5. The zero-order chi connectivity index (χ0) is 65.8. The van der Waals surface area contributed by atoms with Gasteiger partial charge in [-0.15, -0.1) is 0 Å². The van der Waals surface area contributed by atoms with Gasteiger partial charge in [0.1, 0.15) is 67.1 Å². The van der Waals surface area contributed by atoms with E-state index in [1.807, 2.05) is 0 Å². The molecule has 0 saturated carbocycles. The fraction of sp³-hybridized carbons (Fsp3) is 0.754. The zero-order valence-electron chi connectivity index (χ0n) is 51.0. The number of amides is 8. The number of ketones is 2. The number of hydrogen-bond acceptors (Lipinski definition) is 25. The van der Waals surface area contributed by atoms with Gasteiger partial charge in [-0.2, -0.15) is 0 Å². The number of aliphatic hydroxyl groups is 7. The molecular weight excluding hydrogens is 1180 g/mol. The lowest BCUT2D eigenvalue weighted by Crippen LogP contribution is -2.70. The van der Waals surface area contributed by atoms with Crippen LogP contribution < -0.4 is 31.9 Å². The van der Waals surface area contributed by atoms with Crippen molar-refractivity contribution in [3.63, 3.8) is 0 Å². The van der Waals surface area contributed by atoms with E-state index < -0.39 is 212 Å². The lowest BCUT2D eigenvalue weighted by Gasteiger charge is -2.51. The van der Waals surface area contributed by atoms with Crippen molar-refractivity contribution in [2.45, 2.75) is 216 Å². The average Bonchev–Trinajstić information content (AvgIpc) is 1.52. The van der Waals surface area contributed by atoms with E-state index in [4.69, 9.17) is 37.9 Å². The van der Waals surface area contributed by atoms with Crippen LogP contribution in [0, 0.1) is 11.3 Å². The fourth-order valence-corrected chi connectivity index (χ4v) is 11.0. The topological polar surface area (TPSA) is 462 Å². The predicted molar refractivity (Wildman–Crippen MR) is 301 cm³/mol. The third-order valence-corrected chi connectivity index (χ3v) is 15.4. The lowest BCUT2D eigenvalue weighted by molar-refractivity contribution is -0.357. The number of nitrogens with one attached hydrogen (secondary N) is 6. The maximum Gasteiger partial charge on any atom is 0.253 e. The summed E-state index contributed by atoms with van der Waals surface area (Å²) in [5.74, 6) is -6.94. The molecule has 4 saturated heterocycles. The summed E-state index contributed by atoms with van der Waals surface area (Å²) in [5.41, 5.74) is -1.83. The third-order valence-electron chi connectivity index (χ3n) is 15.4. The molecule has 500 valence electrons. The van der Waals surface area contributed by atoms with E-state index in [2.05, 4.69) is 31.9 Å². The number of hydrogen-bond donors (Lipinski definition) is 13. The van der Waals surface area contributed by atoms with Gasteiger partial charge in [0.2, 0.25) is 23.6 Å². The molecule has 0 radical (unpaired) electrons. The van der Waals surface area contributed by atoms with Crippen LogP contribution in [0.2, 0.25) is 0 Å². The summed E-state index contributed by atoms with van der Waals surface area (Å²) in [4.78, 5) is 128. The van der Waals surface area contributed by atoms with Gasteiger partial charge < -0.3 is 106 Å². The fourth-order valence-electron chi connectivity index (χ4n) is 11.0. The van der Waals surface area contributed by atoms with E-state index in [0.717, 1.165) is 36.1 Å². The Morgan fingerprint density at radius 3 is 1.61 bits per heavy atom. The average molecular weight is 1270 g/mol. The number of ether oxygens (including phenoxy) is 8. The molecule has 5 heterocycles. The van der Waals surface area contributed by atoms with Gasteiger partial charge >= 0.3 is 0 Å². The number of carbonyl (C=O) groups excluding carboxylic acids is 10. The predicted octanol–water partition coefficient (Wildman–Crippen LogP) is -5.83. The minimum atomic E-state index is -2.06. The van der Waals surface area contributed by atoms with Gasteiger partial charge in [0.05, 0.1) is 43.0 Å². The highest BCUT2D eigenvalue weighted by molar-refractivity contribution is 6.18. The zero-order valence-corrected chi connectivity index (χ0v) is 51.0. The second-order valence-electron chi connectivity index (χ2n) is 24.6. The molecule has 19 atom stereocenters. The standard InChI is InChI=1S/C57H87N7O25/c1-26(67)62-39-46(41(76)33(24-65)82-50(39)56(3,4)5)86-53-31(71)23-32(45(85-53)51(80)60-20-9-18-58-35(72)14-11-28-29(69)12-13-30(28)70)83-54-40(63-27(2)68)47(42(77)34(25-66)84-54)87-55-44(79)43(78)48(89-57(6,7)8)49(88-55)52(81)61-21-10-19-59-36(73)17-22-64-37(74)15-16-38(64)75/h12-13,15-16,28,31-34,39-50,53-55,65-66,71,76-79H,9-11,14,17-25H2,1-8H3,(H,58,72)(H,59,73)(H,60,80)(H,61,81)(H,62,67)(H,63,68). The first kappa shape index (κ1) is 72.2. The van der Waals surface area contributed by atoms with Crippen molar-refractivity contribution in [3.8, 4) is 0 Å². The molecule has 89 heavy (non-hydrogen) atoms. The second-order valence-corrected chi connectivity index (χ2v) is 24.6. The molecule has 5 aliphatic heterocycles.